The molecule has 35 heavy (non-hydrogen) atoms. The van der Waals surface area contributed by atoms with Gasteiger partial charge in [0.25, 0.3) is 0 Å². The number of halogens is 2. The average Bonchev–Trinajstić information content (AvgIpc) is 2.83. The van der Waals surface area contributed by atoms with E-state index in [0.717, 1.165) is 6.07 Å². The van der Waals surface area contributed by atoms with Gasteiger partial charge in [-0.3, -0.25) is 19.8 Å². The lowest BCUT2D eigenvalue weighted by Gasteiger charge is -2.37. The van der Waals surface area contributed by atoms with E-state index in [-0.39, 0.29) is 17.7 Å². The SMILES string of the molecule is O=C(CCN1CCN(c2ccc(F)cc2F)CC1)N1CCC(Oc2ccc([N+](=O)[O-])c(O)c2)CC1. The number of carbonyl (C=O) groups is 1. The molecule has 11 heteroatoms. The van der Waals surface area contributed by atoms with E-state index in [2.05, 4.69) is 4.90 Å². The molecule has 2 aliphatic rings. The quantitative estimate of drug-likeness (QED) is 0.470. The lowest BCUT2D eigenvalue weighted by Crippen LogP contribution is -2.48. The predicted octanol–water partition coefficient (Wildman–Crippen LogP) is 3.16. The van der Waals surface area contributed by atoms with Gasteiger partial charge in [-0.1, -0.05) is 0 Å². The molecule has 0 spiro atoms. The fraction of sp³-hybridized carbons (Fsp3) is 0.458. The molecule has 2 aromatic carbocycles. The average molecular weight is 491 g/mol. The lowest BCUT2D eigenvalue weighted by atomic mass is 10.1. The molecule has 0 bridgehead atoms. The van der Waals surface area contributed by atoms with Crippen molar-refractivity contribution in [1.82, 2.24) is 9.80 Å². The normalized spacial score (nSPS) is 17.4. The Morgan fingerprint density at radius 3 is 2.40 bits per heavy atom. The molecule has 2 aliphatic heterocycles. The largest absolute Gasteiger partial charge is 0.502 e. The Morgan fingerprint density at radius 2 is 1.77 bits per heavy atom. The number of carbonyl (C=O) groups excluding carboxylic acids is 1. The Hall–Kier alpha value is -3.47. The molecule has 0 atom stereocenters. The number of aromatic hydroxyl groups is 1. The molecule has 2 aromatic rings. The molecule has 0 saturated carbocycles. The summed E-state index contributed by atoms with van der Waals surface area (Å²) in [7, 11) is 0. The zero-order valence-electron chi connectivity index (χ0n) is 19.2. The maximum Gasteiger partial charge on any atom is 0.310 e. The molecular weight excluding hydrogens is 462 g/mol. The Kier molecular flexibility index (Phi) is 7.64. The summed E-state index contributed by atoms with van der Waals surface area (Å²) in [6.45, 7) is 4.34. The summed E-state index contributed by atoms with van der Waals surface area (Å²) in [5.74, 6) is -1.17. The van der Waals surface area contributed by atoms with Crippen LogP contribution >= 0.6 is 0 Å². The van der Waals surface area contributed by atoms with Crippen LogP contribution in [0.5, 0.6) is 11.5 Å². The number of benzene rings is 2. The molecule has 2 heterocycles. The summed E-state index contributed by atoms with van der Waals surface area (Å²) in [4.78, 5) is 28.7. The van der Waals surface area contributed by atoms with Gasteiger partial charge in [0, 0.05) is 83.3 Å². The second-order valence-corrected chi connectivity index (χ2v) is 8.78. The third-order valence-electron chi connectivity index (χ3n) is 6.51. The van der Waals surface area contributed by atoms with E-state index in [1.165, 1.54) is 30.3 Å². The van der Waals surface area contributed by atoms with E-state index in [9.17, 15) is 28.8 Å². The Labute approximate surface area is 201 Å². The van der Waals surface area contributed by atoms with Crippen molar-refractivity contribution >= 4 is 17.3 Å². The van der Waals surface area contributed by atoms with Gasteiger partial charge in [-0.05, 0) is 18.2 Å². The monoisotopic (exact) mass is 490 g/mol. The maximum absolute atomic E-state index is 14.0. The van der Waals surface area contributed by atoms with Crippen molar-refractivity contribution in [3.8, 4) is 11.5 Å². The van der Waals surface area contributed by atoms with Crippen molar-refractivity contribution in [1.29, 1.82) is 0 Å². The number of phenols is 1. The molecule has 0 unspecified atom stereocenters. The number of likely N-dealkylation sites (tertiary alicyclic amines) is 1. The number of anilines is 1. The molecule has 1 amide bonds. The fourth-order valence-corrected chi connectivity index (χ4v) is 4.51. The van der Waals surface area contributed by atoms with Crippen LogP contribution in [-0.4, -0.2) is 77.7 Å². The van der Waals surface area contributed by atoms with Crippen molar-refractivity contribution in [2.24, 2.45) is 0 Å². The number of piperazine rings is 1. The van der Waals surface area contributed by atoms with Gasteiger partial charge in [-0.2, -0.15) is 0 Å². The van der Waals surface area contributed by atoms with Gasteiger partial charge in [0.15, 0.2) is 5.75 Å². The molecule has 0 aliphatic carbocycles. The summed E-state index contributed by atoms with van der Waals surface area (Å²) in [6.07, 6.45) is 1.52. The molecular formula is C24H28F2N4O5. The number of rotatable bonds is 7. The van der Waals surface area contributed by atoms with Crippen LogP contribution in [0.4, 0.5) is 20.2 Å². The van der Waals surface area contributed by atoms with Crippen LogP contribution in [0, 0.1) is 21.7 Å². The Bertz CT molecular complexity index is 1070. The van der Waals surface area contributed by atoms with Crippen LogP contribution in [0.3, 0.4) is 0 Å². The molecule has 9 nitrogen and oxygen atoms in total. The van der Waals surface area contributed by atoms with Crippen LogP contribution in [0.1, 0.15) is 19.3 Å². The summed E-state index contributed by atoms with van der Waals surface area (Å²) >= 11 is 0. The van der Waals surface area contributed by atoms with Gasteiger partial charge < -0.3 is 19.6 Å². The summed E-state index contributed by atoms with van der Waals surface area (Å²) in [5.41, 5.74) is 0.0259. The first-order valence-electron chi connectivity index (χ1n) is 11.6. The number of hydrogen-bond donors (Lipinski definition) is 1. The molecule has 188 valence electrons. The molecule has 2 fully saturated rings. The van der Waals surface area contributed by atoms with Crippen LogP contribution < -0.4 is 9.64 Å². The van der Waals surface area contributed by atoms with E-state index in [1.54, 1.807) is 0 Å². The Morgan fingerprint density at radius 1 is 1.06 bits per heavy atom. The molecule has 1 N–H and O–H groups in total. The minimum absolute atomic E-state index is 0.0726. The Balaban J connectivity index is 1.17. The second kappa shape index (κ2) is 10.9. The van der Waals surface area contributed by atoms with Gasteiger partial charge in [0.05, 0.1) is 10.6 Å². The van der Waals surface area contributed by atoms with Crippen molar-refractivity contribution in [2.75, 3.05) is 50.7 Å². The minimum atomic E-state index is -0.658. The van der Waals surface area contributed by atoms with Crippen molar-refractivity contribution in [3.63, 3.8) is 0 Å². The van der Waals surface area contributed by atoms with Crippen LogP contribution in [-0.2, 0) is 4.79 Å². The summed E-state index contributed by atoms with van der Waals surface area (Å²) in [5, 5.41) is 20.6. The highest BCUT2D eigenvalue weighted by Gasteiger charge is 2.26. The predicted molar refractivity (Wildman–Crippen MR) is 125 cm³/mol. The van der Waals surface area contributed by atoms with Gasteiger partial charge >= 0.3 is 5.69 Å². The first-order chi connectivity index (χ1) is 16.8. The van der Waals surface area contributed by atoms with Gasteiger partial charge in [-0.15, -0.1) is 0 Å². The number of ether oxygens (including phenoxy) is 1. The zero-order chi connectivity index (χ0) is 24.9. The van der Waals surface area contributed by atoms with Gasteiger partial charge in [0.1, 0.15) is 23.5 Å². The third kappa shape index (κ3) is 6.16. The molecule has 4 rings (SSSR count). The molecule has 2 saturated heterocycles. The first kappa shape index (κ1) is 24.6. The van der Waals surface area contributed by atoms with Crippen molar-refractivity contribution in [2.45, 2.75) is 25.4 Å². The van der Waals surface area contributed by atoms with E-state index in [4.69, 9.17) is 4.74 Å². The highest BCUT2D eigenvalue weighted by molar-refractivity contribution is 5.76. The van der Waals surface area contributed by atoms with E-state index < -0.39 is 22.3 Å². The van der Waals surface area contributed by atoms with E-state index >= 15 is 0 Å². The van der Waals surface area contributed by atoms with Crippen molar-refractivity contribution in [3.05, 3.63) is 58.1 Å². The minimum Gasteiger partial charge on any atom is -0.502 e. The fourth-order valence-electron chi connectivity index (χ4n) is 4.51. The summed E-state index contributed by atoms with van der Waals surface area (Å²) in [6, 6.07) is 7.51. The molecule has 0 radical (unpaired) electrons. The van der Waals surface area contributed by atoms with Crippen LogP contribution in [0.15, 0.2) is 36.4 Å². The number of nitro benzene ring substituents is 1. The number of phenolic OH excluding ortho intramolecular Hbond substituents is 1. The highest BCUT2D eigenvalue weighted by Crippen LogP contribution is 2.31. The number of piperidine rings is 1. The standard InChI is InChI=1S/C24H28F2N4O5/c25-17-1-3-21(20(26)15-17)28-13-11-27(12-14-28)8-7-24(32)29-9-5-18(6-10-29)35-19-2-4-22(30(33)34)23(31)16-19/h1-4,15-16,18,31H,5-14H2. The maximum atomic E-state index is 14.0. The zero-order valence-corrected chi connectivity index (χ0v) is 19.2. The van der Waals surface area contributed by atoms with Crippen LogP contribution in [0.25, 0.3) is 0 Å². The van der Waals surface area contributed by atoms with Gasteiger partial charge in [-0.25, -0.2) is 8.78 Å². The number of nitrogens with zero attached hydrogens (tertiary/aromatic N) is 4. The van der Waals surface area contributed by atoms with E-state index in [1.807, 2.05) is 9.80 Å². The second-order valence-electron chi connectivity index (χ2n) is 8.78. The van der Waals surface area contributed by atoms with Gasteiger partial charge in [0.2, 0.25) is 5.91 Å². The number of nitro groups is 1. The smallest absolute Gasteiger partial charge is 0.310 e. The third-order valence-corrected chi connectivity index (χ3v) is 6.51. The van der Waals surface area contributed by atoms with E-state index in [0.29, 0.717) is 76.5 Å². The number of amides is 1. The summed E-state index contributed by atoms with van der Waals surface area (Å²) < 4.78 is 33.0. The van der Waals surface area contributed by atoms with Crippen LogP contribution in [0.2, 0.25) is 0 Å². The molecule has 0 aromatic heterocycles. The number of hydrogen-bond acceptors (Lipinski definition) is 7. The topological polar surface area (TPSA) is 99.4 Å². The van der Waals surface area contributed by atoms with Crippen molar-refractivity contribution < 1.29 is 28.3 Å². The highest BCUT2D eigenvalue weighted by atomic mass is 19.1. The first-order valence-corrected chi connectivity index (χ1v) is 11.6. The lowest BCUT2D eigenvalue weighted by molar-refractivity contribution is -0.385.